The first kappa shape index (κ1) is 21.6. The summed E-state index contributed by atoms with van der Waals surface area (Å²) in [6.45, 7) is 6.86. The maximum atomic E-state index is 12.0. The van der Waals surface area contributed by atoms with Crippen molar-refractivity contribution in [1.82, 2.24) is 10.3 Å². The third-order valence-corrected chi connectivity index (χ3v) is 4.84. The van der Waals surface area contributed by atoms with Gasteiger partial charge in [-0.2, -0.15) is 0 Å². The molecule has 2 N–H and O–H groups in total. The fourth-order valence-electron chi connectivity index (χ4n) is 2.46. The van der Waals surface area contributed by atoms with Gasteiger partial charge in [0, 0.05) is 22.0 Å². The number of hydrogen-bond acceptors (Lipinski definition) is 5. The smallest absolute Gasteiger partial charge is 0.408 e. The van der Waals surface area contributed by atoms with Gasteiger partial charge in [-0.15, -0.1) is 5.11 Å². The van der Waals surface area contributed by atoms with Gasteiger partial charge in [-0.25, -0.2) is 9.59 Å². The minimum atomic E-state index is -1.27. The van der Waals surface area contributed by atoms with E-state index < -0.39 is 23.7 Å². The number of carbonyl (C=O) groups is 2. The van der Waals surface area contributed by atoms with Gasteiger partial charge in [-0.1, -0.05) is 5.22 Å². The Morgan fingerprint density at radius 3 is 2.26 bits per heavy atom. The molecule has 0 aliphatic carbocycles. The molecule has 1 aliphatic rings. The molecule has 10 heteroatoms. The van der Waals surface area contributed by atoms with Crippen LogP contribution in [0.3, 0.4) is 0 Å². The number of amides is 1. The molecule has 0 saturated carbocycles. The van der Waals surface area contributed by atoms with Crippen molar-refractivity contribution in [3.63, 3.8) is 0 Å². The summed E-state index contributed by atoms with van der Waals surface area (Å²) in [5.74, 6) is -1.20. The van der Waals surface area contributed by atoms with Crippen molar-refractivity contribution in [2.24, 2.45) is 10.3 Å². The van der Waals surface area contributed by atoms with Crippen LogP contribution in [0.25, 0.3) is 0 Å². The van der Waals surface area contributed by atoms with Gasteiger partial charge in [0.2, 0.25) is 0 Å². The number of carboxylic acid groups (broad SMARTS) is 1. The number of carboxylic acids is 1. The Hall–Kier alpha value is -1.68. The molecule has 0 spiro atoms. The molecule has 1 aromatic carbocycles. The summed E-state index contributed by atoms with van der Waals surface area (Å²) in [5.41, 5.74) is 0.188. The van der Waals surface area contributed by atoms with Crippen LogP contribution in [0.4, 0.5) is 10.5 Å². The summed E-state index contributed by atoms with van der Waals surface area (Å²) in [6.07, 6.45) is 1.38. The van der Waals surface area contributed by atoms with Crippen molar-refractivity contribution in [3.8, 4) is 0 Å². The molecule has 148 valence electrons. The predicted octanol–water partition coefficient (Wildman–Crippen LogP) is 4.96. The number of nitrogens with one attached hydrogen (secondary N) is 1. The van der Waals surface area contributed by atoms with E-state index in [-0.39, 0.29) is 0 Å². The number of ether oxygens (including phenoxy) is 1. The van der Waals surface area contributed by atoms with E-state index in [1.54, 1.807) is 32.9 Å². The van der Waals surface area contributed by atoms with Crippen LogP contribution in [-0.4, -0.2) is 40.9 Å². The maximum Gasteiger partial charge on any atom is 0.408 e. The number of carbonyl (C=O) groups excluding carboxylic acids is 1. The molecule has 1 aromatic rings. The highest BCUT2D eigenvalue weighted by molar-refractivity contribution is 9.11. The quantitative estimate of drug-likeness (QED) is 0.550. The van der Waals surface area contributed by atoms with E-state index in [0.29, 0.717) is 20.2 Å². The number of aliphatic carboxylic acids is 1. The first-order valence-corrected chi connectivity index (χ1v) is 10.0. The van der Waals surface area contributed by atoms with Crippen LogP contribution in [0.2, 0.25) is 0 Å². The zero-order valence-electron chi connectivity index (χ0n) is 15.3. The van der Waals surface area contributed by atoms with Crippen molar-refractivity contribution >= 4 is 49.6 Å². The minimum absolute atomic E-state index is 0.368. The summed E-state index contributed by atoms with van der Waals surface area (Å²) in [6, 6.07) is 1.93. The molecule has 0 unspecified atom stereocenters. The number of nitrogens with zero attached hydrogens (tertiary/aromatic N) is 3. The summed E-state index contributed by atoms with van der Waals surface area (Å²) in [7, 11) is 0. The van der Waals surface area contributed by atoms with E-state index in [1.165, 1.54) is 0 Å². The minimum Gasteiger partial charge on any atom is -0.479 e. The highest BCUT2D eigenvalue weighted by Gasteiger charge is 2.26. The topological polar surface area (TPSA) is 104 Å². The van der Waals surface area contributed by atoms with E-state index in [9.17, 15) is 14.7 Å². The summed E-state index contributed by atoms with van der Waals surface area (Å²) < 4.78 is 6.27. The third-order valence-electron chi connectivity index (χ3n) is 3.63. The Balaban J connectivity index is 2.22. The Morgan fingerprint density at radius 2 is 1.78 bits per heavy atom. The van der Waals surface area contributed by atoms with Gasteiger partial charge in [-0.3, -0.25) is 5.01 Å². The Kier molecular flexibility index (Phi) is 7.21. The van der Waals surface area contributed by atoms with Crippen LogP contribution in [0.15, 0.2) is 31.4 Å². The number of hydrogen-bond donors (Lipinski definition) is 2. The van der Waals surface area contributed by atoms with Gasteiger partial charge in [0.15, 0.2) is 6.04 Å². The van der Waals surface area contributed by atoms with Crippen LogP contribution in [0.1, 0.15) is 45.2 Å². The van der Waals surface area contributed by atoms with Crippen molar-refractivity contribution in [2.75, 3.05) is 13.1 Å². The zero-order valence-corrected chi connectivity index (χ0v) is 18.5. The van der Waals surface area contributed by atoms with Gasteiger partial charge in [0.05, 0.1) is 0 Å². The Morgan fingerprint density at radius 1 is 1.22 bits per heavy atom. The van der Waals surface area contributed by atoms with Crippen LogP contribution < -0.4 is 5.32 Å². The summed E-state index contributed by atoms with van der Waals surface area (Å²) in [4.78, 5) is 23.6. The average Bonchev–Trinajstić information content (AvgIpc) is 3.03. The lowest BCUT2D eigenvalue weighted by atomic mass is 10.1. The molecular formula is C17H22Br2N4O4. The van der Waals surface area contributed by atoms with E-state index >= 15 is 0 Å². The molecule has 2 rings (SSSR count). The number of benzene rings is 1. The van der Waals surface area contributed by atoms with E-state index in [4.69, 9.17) is 4.74 Å². The first-order valence-electron chi connectivity index (χ1n) is 8.44. The molecule has 8 nitrogen and oxygen atoms in total. The third kappa shape index (κ3) is 6.46. The van der Waals surface area contributed by atoms with Crippen LogP contribution in [0, 0.1) is 0 Å². The molecule has 0 radical (unpaired) electrons. The molecule has 1 aliphatic heterocycles. The number of halogens is 2. The summed E-state index contributed by atoms with van der Waals surface area (Å²) >= 11 is 6.80. The van der Waals surface area contributed by atoms with Crippen molar-refractivity contribution < 1.29 is 19.4 Å². The van der Waals surface area contributed by atoms with Gasteiger partial charge in [0.25, 0.3) is 0 Å². The second-order valence-electron chi connectivity index (χ2n) is 7.10. The molecule has 1 saturated heterocycles. The van der Waals surface area contributed by atoms with Crippen molar-refractivity contribution in [3.05, 3.63) is 26.6 Å². The largest absolute Gasteiger partial charge is 0.479 e. The highest BCUT2D eigenvalue weighted by atomic mass is 79.9. The second-order valence-corrected chi connectivity index (χ2v) is 8.81. The van der Waals surface area contributed by atoms with E-state index in [2.05, 4.69) is 47.5 Å². The fraction of sp³-hybridized carbons (Fsp3) is 0.529. The van der Waals surface area contributed by atoms with E-state index in [0.717, 1.165) is 25.9 Å². The lowest BCUT2D eigenvalue weighted by molar-refractivity contribution is -0.139. The number of alkyl carbamates (subject to hydrolysis) is 1. The zero-order chi connectivity index (χ0) is 20.2. The lowest BCUT2D eigenvalue weighted by Crippen LogP contribution is -2.38. The van der Waals surface area contributed by atoms with Crippen LogP contribution in [-0.2, 0) is 9.53 Å². The molecular weight excluding hydrogens is 484 g/mol. The Bertz CT molecular complexity index is 720. The standard InChI is InChI=1S/C17H22Br2N4O4/c1-17(2,3)27-16(26)20-13(15(24)25)10-8-11(18)14(12(19)9-10)21-22-23-6-4-5-7-23/h8-9,13H,4-7H2,1-3H3,(H,20,26)(H,24,25)/t13-/m1/s1. The first-order chi connectivity index (χ1) is 12.6. The normalized spacial score (nSPS) is 15.8. The summed E-state index contributed by atoms with van der Waals surface area (Å²) in [5, 5.41) is 22.2. The molecule has 1 atom stereocenters. The molecule has 0 bridgehead atoms. The van der Waals surface area contributed by atoms with Crippen LogP contribution in [0.5, 0.6) is 0 Å². The van der Waals surface area contributed by atoms with Crippen LogP contribution >= 0.6 is 31.9 Å². The lowest BCUT2D eigenvalue weighted by Gasteiger charge is -2.22. The number of rotatable bonds is 5. The monoisotopic (exact) mass is 504 g/mol. The highest BCUT2D eigenvalue weighted by Crippen LogP contribution is 2.37. The van der Waals surface area contributed by atoms with Crippen molar-refractivity contribution in [2.45, 2.75) is 45.3 Å². The average molecular weight is 506 g/mol. The molecule has 0 aromatic heterocycles. The molecule has 1 heterocycles. The predicted molar refractivity (Wildman–Crippen MR) is 107 cm³/mol. The van der Waals surface area contributed by atoms with Gasteiger partial charge < -0.3 is 15.2 Å². The Labute approximate surface area is 174 Å². The maximum absolute atomic E-state index is 12.0. The van der Waals surface area contributed by atoms with Gasteiger partial charge in [0.1, 0.15) is 11.3 Å². The molecule has 1 fully saturated rings. The molecule has 27 heavy (non-hydrogen) atoms. The van der Waals surface area contributed by atoms with Gasteiger partial charge in [-0.05, 0) is 83.2 Å². The van der Waals surface area contributed by atoms with Crippen molar-refractivity contribution in [1.29, 1.82) is 0 Å². The van der Waals surface area contributed by atoms with E-state index in [1.807, 2.05) is 5.01 Å². The SMILES string of the molecule is CC(C)(C)OC(=O)N[C@@H](C(=O)O)c1cc(Br)c(N=NN2CCCC2)c(Br)c1. The molecule has 1 amide bonds. The van der Waals surface area contributed by atoms with Gasteiger partial charge >= 0.3 is 12.1 Å². The second kappa shape index (κ2) is 9.01. The fourth-order valence-corrected chi connectivity index (χ4v) is 3.84.